The number of para-hydroxylation sites is 2. The topological polar surface area (TPSA) is 3.24 Å². The lowest BCUT2D eigenvalue weighted by molar-refractivity contribution is 0.632. The van der Waals surface area contributed by atoms with Crippen LogP contribution in [0.5, 0.6) is 0 Å². The van der Waals surface area contributed by atoms with E-state index in [2.05, 4.69) is 219 Å². The summed E-state index contributed by atoms with van der Waals surface area (Å²) in [5.41, 5.74) is 22.3. The Morgan fingerprint density at radius 2 is 0.733 bits per heavy atom. The molecule has 3 heterocycles. The van der Waals surface area contributed by atoms with Crippen molar-refractivity contribution in [3.63, 3.8) is 0 Å². The van der Waals surface area contributed by atoms with Crippen LogP contribution in [-0.2, 0) is 10.8 Å². The van der Waals surface area contributed by atoms with Gasteiger partial charge in [0.15, 0.2) is 8.07 Å². The highest BCUT2D eigenvalue weighted by molar-refractivity contribution is 7.24. The van der Waals surface area contributed by atoms with Gasteiger partial charge in [-0.3, -0.25) is 0 Å². The smallest absolute Gasteiger partial charge is 0.182 e. The molecular formula is C58H39NSi. The summed E-state index contributed by atoms with van der Waals surface area (Å²) in [5.74, 6) is 0. The van der Waals surface area contributed by atoms with Crippen LogP contribution in [0.1, 0.15) is 47.2 Å². The molecule has 60 heavy (non-hydrogen) atoms. The lowest BCUT2D eigenvalue weighted by atomic mass is 9.61. The van der Waals surface area contributed by atoms with Gasteiger partial charge in [0.2, 0.25) is 0 Å². The summed E-state index contributed by atoms with van der Waals surface area (Å²) in [6.45, 7) is 4.90. The molecule has 1 nitrogen and oxygen atoms in total. The zero-order valence-corrected chi connectivity index (χ0v) is 34.5. The molecular weight excluding hydrogens is 739 g/mol. The van der Waals surface area contributed by atoms with Crippen LogP contribution in [0, 0.1) is 0 Å². The standard InChI is InChI=1S/C58H39NSi/c1-57(2)45-22-8-3-17-37(45)43-33-34-44-38-18-4-9-23-46(38)58(56(44)55(43)57)47-24-10-12-26-49(47)59(50-27-13-11-25-48(50)58)36-31-32-42-41-21-7-16-30-53(41)60(54(42)35-36)51-28-14-5-19-39(51)40-20-6-15-29-52(40)60/h3-35H,1-2H3. The first-order chi connectivity index (χ1) is 29.6. The maximum Gasteiger partial charge on any atom is 0.182 e. The average Bonchev–Trinajstić information content (AvgIpc) is 3.96. The van der Waals surface area contributed by atoms with E-state index in [9.17, 15) is 0 Å². The predicted molar refractivity (Wildman–Crippen MR) is 251 cm³/mol. The number of anilines is 3. The van der Waals surface area contributed by atoms with Crippen molar-refractivity contribution in [2.45, 2.75) is 24.7 Å². The summed E-state index contributed by atoms with van der Waals surface area (Å²) in [6.07, 6.45) is 0. The highest BCUT2D eigenvalue weighted by atomic mass is 28.3. The number of fused-ring (bicyclic) bond motifs is 23. The second-order valence-corrected chi connectivity index (χ2v) is 21.5. The molecule has 0 unspecified atom stereocenters. The van der Waals surface area contributed by atoms with Crippen molar-refractivity contribution in [3.05, 3.63) is 234 Å². The monoisotopic (exact) mass is 777 g/mol. The third-order valence-corrected chi connectivity index (χ3v) is 20.0. The van der Waals surface area contributed by atoms with Gasteiger partial charge >= 0.3 is 0 Å². The van der Waals surface area contributed by atoms with E-state index in [-0.39, 0.29) is 5.41 Å². The van der Waals surface area contributed by atoms with E-state index in [0.717, 1.165) is 0 Å². The van der Waals surface area contributed by atoms with Gasteiger partial charge in [-0.25, -0.2) is 0 Å². The highest BCUT2D eigenvalue weighted by Gasteiger charge is 2.57. The van der Waals surface area contributed by atoms with Gasteiger partial charge in [-0.15, -0.1) is 0 Å². The second kappa shape index (κ2) is 11.2. The minimum atomic E-state index is -2.64. The van der Waals surface area contributed by atoms with Gasteiger partial charge in [0.05, 0.1) is 16.8 Å². The summed E-state index contributed by atoms with van der Waals surface area (Å²) < 4.78 is 0. The van der Waals surface area contributed by atoms with Gasteiger partial charge in [0, 0.05) is 11.1 Å². The molecule has 0 saturated carbocycles. The molecule has 280 valence electrons. The number of rotatable bonds is 1. The van der Waals surface area contributed by atoms with Crippen LogP contribution in [0.2, 0.25) is 0 Å². The third kappa shape index (κ3) is 3.61. The summed E-state index contributed by atoms with van der Waals surface area (Å²) in [4.78, 5) is 2.59. The summed E-state index contributed by atoms with van der Waals surface area (Å²) in [7, 11) is -2.64. The molecule has 14 rings (SSSR count). The fraction of sp³-hybridized carbons (Fsp3) is 0.0690. The molecule has 0 bridgehead atoms. The Morgan fingerprint density at radius 3 is 1.30 bits per heavy atom. The van der Waals surface area contributed by atoms with Crippen LogP contribution >= 0.6 is 0 Å². The van der Waals surface area contributed by atoms with E-state index in [1.165, 1.54) is 116 Å². The van der Waals surface area contributed by atoms with E-state index in [1.54, 1.807) is 0 Å². The second-order valence-electron chi connectivity index (χ2n) is 17.9. The average molecular weight is 778 g/mol. The van der Waals surface area contributed by atoms with Crippen molar-refractivity contribution in [2.75, 3.05) is 4.90 Å². The minimum absolute atomic E-state index is 0.185. The number of hydrogen-bond acceptors (Lipinski definition) is 1. The van der Waals surface area contributed by atoms with Gasteiger partial charge in [-0.1, -0.05) is 190 Å². The zero-order chi connectivity index (χ0) is 39.5. The molecule has 9 aromatic rings. The summed E-state index contributed by atoms with van der Waals surface area (Å²) in [5, 5.41) is 6.00. The van der Waals surface area contributed by atoms with E-state index < -0.39 is 13.5 Å². The Hall–Kier alpha value is -7.00. The molecule has 0 aromatic heterocycles. The Morgan fingerprint density at radius 1 is 0.333 bits per heavy atom. The largest absolute Gasteiger partial charge is 0.310 e. The van der Waals surface area contributed by atoms with Crippen molar-refractivity contribution >= 4 is 45.9 Å². The Bertz CT molecular complexity index is 3280. The fourth-order valence-electron chi connectivity index (χ4n) is 13.0. The normalized spacial score (nSPS) is 16.2. The van der Waals surface area contributed by atoms with Crippen LogP contribution in [0.15, 0.2) is 200 Å². The third-order valence-electron chi connectivity index (χ3n) is 15.1. The van der Waals surface area contributed by atoms with Crippen molar-refractivity contribution in [2.24, 2.45) is 0 Å². The number of benzene rings is 9. The van der Waals surface area contributed by atoms with Crippen LogP contribution in [-0.4, -0.2) is 8.07 Å². The van der Waals surface area contributed by atoms with E-state index in [4.69, 9.17) is 0 Å². The first-order valence-electron chi connectivity index (χ1n) is 21.4. The summed E-state index contributed by atoms with van der Waals surface area (Å²) >= 11 is 0. The molecule has 0 saturated heterocycles. The SMILES string of the molecule is CC1(C)c2ccccc2-c2ccc3c(c21)C1(c2ccccc2-3)c2ccccc2N(c2ccc3c(c2)[Si]2(c4ccccc4-c4ccccc42)c2ccccc2-3)c2ccccc21. The van der Waals surface area contributed by atoms with Crippen LogP contribution < -0.4 is 25.6 Å². The molecule has 5 aliphatic rings. The quantitative estimate of drug-likeness (QED) is 0.150. The first-order valence-corrected chi connectivity index (χ1v) is 23.4. The molecule has 0 atom stereocenters. The van der Waals surface area contributed by atoms with Crippen LogP contribution in [0.3, 0.4) is 0 Å². The molecule has 0 radical (unpaired) electrons. The zero-order valence-electron chi connectivity index (χ0n) is 33.5. The van der Waals surface area contributed by atoms with Crippen LogP contribution in [0.25, 0.3) is 44.5 Å². The Balaban J connectivity index is 1.07. The fourth-order valence-corrected chi connectivity index (χ4v) is 18.6. The van der Waals surface area contributed by atoms with Crippen molar-refractivity contribution in [3.8, 4) is 44.5 Å². The van der Waals surface area contributed by atoms with E-state index >= 15 is 0 Å². The molecule has 2 aliphatic carbocycles. The maximum absolute atomic E-state index is 2.64. The highest BCUT2D eigenvalue weighted by Crippen LogP contribution is 2.67. The van der Waals surface area contributed by atoms with Crippen LogP contribution in [0.4, 0.5) is 17.1 Å². The summed E-state index contributed by atoms with van der Waals surface area (Å²) in [6, 6.07) is 77.1. The first kappa shape index (κ1) is 32.9. The van der Waals surface area contributed by atoms with Crippen molar-refractivity contribution in [1.82, 2.24) is 0 Å². The molecule has 3 aliphatic heterocycles. The lowest BCUT2D eigenvalue weighted by Gasteiger charge is -2.46. The molecule has 0 N–H and O–H groups in total. The maximum atomic E-state index is 2.60. The molecule has 2 spiro atoms. The molecule has 2 heteroatoms. The van der Waals surface area contributed by atoms with Gasteiger partial charge < -0.3 is 4.90 Å². The number of nitrogens with zero attached hydrogens (tertiary/aromatic N) is 1. The predicted octanol–water partition coefficient (Wildman–Crippen LogP) is 11.5. The Labute approximate surface area is 351 Å². The van der Waals surface area contributed by atoms with Gasteiger partial charge in [-0.05, 0) is 123 Å². The van der Waals surface area contributed by atoms with E-state index in [1.807, 2.05) is 0 Å². The molecule has 9 aromatic carbocycles. The van der Waals surface area contributed by atoms with E-state index in [0.29, 0.717) is 0 Å². The Kier molecular flexibility index (Phi) is 6.13. The molecule has 0 fully saturated rings. The van der Waals surface area contributed by atoms with Gasteiger partial charge in [0.25, 0.3) is 0 Å². The van der Waals surface area contributed by atoms with Gasteiger partial charge in [0.1, 0.15) is 0 Å². The van der Waals surface area contributed by atoms with Gasteiger partial charge in [-0.2, -0.15) is 0 Å². The van der Waals surface area contributed by atoms with Crippen molar-refractivity contribution < 1.29 is 0 Å². The number of hydrogen-bond donors (Lipinski definition) is 0. The van der Waals surface area contributed by atoms with Crippen molar-refractivity contribution in [1.29, 1.82) is 0 Å². The lowest BCUT2D eigenvalue weighted by Crippen LogP contribution is -2.70. The molecule has 0 amide bonds. The minimum Gasteiger partial charge on any atom is -0.310 e.